The van der Waals surface area contributed by atoms with Crippen molar-refractivity contribution in [2.75, 3.05) is 0 Å². The first-order valence-electron chi connectivity index (χ1n) is 9.05. The molecule has 28 heavy (non-hydrogen) atoms. The minimum absolute atomic E-state index is 1.03. The lowest BCUT2D eigenvalue weighted by molar-refractivity contribution is 1.31. The molecular weight excluding hydrogens is 437 g/mol. The van der Waals surface area contributed by atoms with Gasteiger partial charge in [-0.25, -0.2) is 0 Å². The standard InChI is InChI=1S/C23H18S5/c1-14-3-7-18(24-14)20-9-5-16(26-20)13-17-6-10-21(27-17)23-12-11-22(28-23)19-8-4-15(2)25-19/h3-12H,13H2,1-2H3. The van der Waals surface area contributed by atoms with Crippen LogP contribution in [0.5, 0.6) is 0 Å². The first kappa shape index (κ1) is 18.5. The fourth-order valence-corrected chi connectivity index (χ4v) is 8.28. The van der Waals surface area contributed by atoms with E-state index in [1.165, 1.54) is 48.8 Å². The summed E-state index contributed by atoms with van der Waals surface area (Å²) in [5, 5.41) is 0. The fourth-order valence-electron chi connectivity index (χ4n) is 3.12. The Labute approximate surface area is 185 Å². The molecule has 0 saturated heterocycles. The maximum atomic E-state index is 2.30. The summed E-state index contributed by atoms with van der Waals surface area (Å²) in [6, 6.07) is 22.6. The lowest BCUT2D eigenvalue weighted by Crippen LogP contribution is -1.76. The van der Waals surface area contributed by atoms with Gasteiger partial charge in [0, 0.05) is 55.2 Å². The molecule has 0 aliphatic heterocycles. The Hall–Kier alpha value is -1.50. The summed E-state index contributed by atoms with van der Waals surface area (Å²) in [5.74, 6) is 0. The van der Waals surface area contributed by atoms with Crippen LogP contribution in [0.15, 0.2) is 60.7 Å². The molecular formula is C23H18S5. The van der Waals surface area contributed by atoms with Gasteiger partial charge >= 0.3 is 0 Å². The Morgan fingerprint density at radius 2 is 0.786 bits per heavy atom. The molecule has 0 N–H and O–H groups in total. The highest BCUT2D eigenvalue weighted by atomic mass is 32.1. The van der Waals surface area contributed by atoms with Crippen LogP contribution in [0.4, 0.5) is 0 Å². The normalized spacial score (nSPS) is 11.4. The Bertz CT molecular complexity index is 1220. The van der Waals surface area contributed by atoms with Crippen molar-refractivity contribution >= 4 is 56.7 Å². The SMILES string of the molecule is Cc1ccc(-c2ccc(Cc3ccc(-c4ccc(-c5ccc(C)s5)s4)s3)s2)s1. The highest BCUT2D eigenvalue weighted by Crippen LogP contribution is 2.41. The minimum Gasteiger partial charge on any atom is -0.140 e. The van der Waals surface area contributed by atoms with E-state index in [0.717, 1.165) is 6.42 Å². The topological polar surface area (TPSA) is 0 Å². The monoisotopic (exact) mass is 454 g/mol. The van der Waals surface area contributed by atoms with E-state index in [9.17, 15) is 0 Å². The molecule has 0 aromatic carbocycles. The zero-order valence-corrected chi connectivity index (χ0v) is 19.6. The summed E-state index contributed by atoms with van der Waals surface area (Å²) >= 11 is 9.50. The number of aryl methyl sites for hydroxylation is 2. The van der Waals surface area contributed by atoms with Gasteiger partial charge in [-0.15, -0.1) is 56.7 Å². The lowest BCUT2D eigenvalue weighted by Gasteiger charge is -1.94. The predicted octanol–water partition coefficient (Wildman–Crippen LogP) is 9.20. The quantitative estimate of drug-likeness (QED) is 0.248. The molecule has 140 valence electrons. The zero-order valence-electron chi connectivity index (χ0n) is 15.5. The number of hydrogen-bond acceptors (Lipinski definition) is 5. The molecule has 5 aromatic rings. The third kappa shape index (κ3) is 3.82. The fraction of sp³-hybridized carbons (Fsp3) is 0.130. The summed E-state index contributed by atoms with van der Waals surface area (Å²) < 4.78 is 0. The second kappa shape index (κ2) is 7.73. The summed E-state index contributed by atoms with van der Waals surface area (Å²) in [6.45, 7) is 4.34. The molecule has 0 aliphatic carbocycles. The van der Waals surface area contributed by atoms with Gasteiger partial charge in [-0.1, -0.05) is 0 Å². The van der Waals surface area contributed by atoms with Crippen molar-refractivity contribution in [2.24, 2.45) is 0 Å². The van der Waals surface area contributed by atoms with Gasteiger partial charge in [0.05, 0.1) is 0 Å². The van der Waals surface area contributed by atoms with Gasteiger partial charge < -0.3 is 0 Å². The van der Waals surface area contributed by atoms with Crippen LogP contribution in [0.3, 0.4) is 0 Å². The molecule has 0 fully saturated rings. The van der Waals surface area contributed by atoms with Gasteiger partial charge in [-0.3, -0.25) is 0 Å². The van der Waals surface area contributed by atoms with Crippen LogP contribution in [0, 0.1) is 13.8 Å². The zero-order chi connectivity index (χ0) is 19.1. The molecule has 5 heterocycles. The molecule has 5 aromatic heterocycles. The first-order chi connectivity index (χ1) is 13.6. The molecule has 5 rings (SSSR count). The average Bonchev–Trinajstić information content (AvgIpc) is 3.46. The summed E-state index contributed by atoms with van der Waals surface area (Å²) in [7, 11) is 0. The van der Waals surface area contributed by atoms with Gasteiger partial charge in [-0.05, 0) is 74.5 Å². The Morgan fingerprint density at radius 1 is 0.429 bits per heavy atom. The van der Waals surface area contributed by atoms with E-state index < -0.39 is 0 Å². The van der Waals surface area contributed by atoms with E-state index in [4.69, 9.17) is 0 Å². The Balaban J connectivity index is 1.33. The highest BCUT2D eigenvalue weighted by molar-refractivity contribution is 7.26. The molecule has 0 spiro atoms. The predicted molar refractivity (Wildman–Crippen MR) is 131 cm³/mol. The molecule has 0 aliphatic rings. The maximum Gasteiger partial charge on any atom is 0.0449 e. The molecule has 0 saturated carbocycles. The van der Waals surface area contributed by atoms with E-state index >= 15 is 0 Å². The van der Waals surface area contributed by atoms with Crippen molar-refractivity contribution < 1.29 is 0 Å². The smallest absolute Gasteiger partial charge is 0.0449 e. The second-order valence-corrected chi connectivity index (χ2v) is 12.7. The van der Waals surface area contributed by atoms with Crippen molar-refractivity contribution in [3.63, 3.8) is 0 Å². The molecule has 0 unspecified atom stereocenters. The Kier molecular flexibility index (Phi) is 5.11. The van der Waals surface area contributed by atoms with Gasteiger partial charge in [0.1, 0.15) is 0 Å². The molecule has 5 heteroatoms. The van der Waals surface area contributed by atoms with Crippen molar-refractivity contribution in [3.05, 3.63) is 80.2 Å². The van der Waals surface area contributed by atoms with Crippen LogP contribution in [0.2, 0.25) is 0 Å². The Morgan fingerprint density at radius 3 is 1.21 bits per heavy atom. The van der Waals surface area contributed by atoms with Crippen LogP contribution in [0.25, 0.3) is 29.3 Å². The van der Waals surface area contributed by atoms with Crippen LogP contribution in [-0.2, 0) is 6.42 Å². The molecule has 0 atom stereocenters. The molecule has 0 amide bonds. The second-order valence-electron chi connectivity index (χ2n) is 6.69. The van der Waals surface area contributed by atoms with E-state index in [-0.39, 0.29) is 0 Å². The molecule has 0 bridgehead atoms. The van der Waals surface area contributed by atoms with Gasteiger partial charge in [0.2, 0.25) is 0 Å². The van der Waals surface area contributed by atoms with E-state index in [1.807, 2.05) is 56.7 Å². The van der Waals surface area contributed by atoms with Crippen molar-refractivity contribution in [1.29, 1.82) is 0 Å². The van der Waals surface area contributed by atoms with E-state index in [1.54, 1.807) is 0 Å². The number of thiophene rings is 5. The number of rotatable bonds is 5. The first-order valence-corrected chi connectivity index (χ1v) is 13.1. The third-order valence-corrected chi connectivity index (χ3v) is 10.3. The van der Waals surface area contributed by atoms with Gasteiger partial charge in [0.15, 0.2) is 0 Å². The van der Waals surface area contributed by atoms with Crippen molar-refractivity contribution in [3.8, 4) is 29.3 Å². The largest absolute Gasteiger partial charge is 0.140 e. The highest BCUT2D eigenvalue weighted by Gasteiger charge is 2.11. The van der Waals surface area contributed by atoms with Crippen molar-refractivity contribution in [1.82, 2.24) is 0 Å². The number of hydrogen-bond donors (Lipinski definition) is 0. The van der Waals surface area contributed by atoms with Crippen LogP contribution in [0.1, 0.15) is 19.5 Å². The molecule has 0 nitrogen and oxygen atoms in total. The summed E-state index contributed by atoms with van der Waals surface area (Å²) in [4.78, 5) is 13.9. The van der Waals surface area contributed by atoms with Crippen LogP contribution < -0.4 is 0 Å². The van der Waals surface area contributed by atoms with Crippen molar-refractivity contribution in [2.45, 2.75) is 20.3 Å². The lowest BCUT2D eigenvalue weighted by atomic mass is 10.3. The maximum absolute atomic E-state index is 2.30. The van der Waals surface area contributed by atoms with Gasteiger partial charge in [-0.2, -0.15) is 0 Å². The van der Waals surface area contributed by atoms with Crippen LogP contribution in [-0.4, -0.2) is 0 Å². The minimum atomic E-state index is 1.03. The van der Waals surface area contributed by atoms with Crippen LogP contribution >= 0.6 is 56.7 Å². The summed E-state index contributed by atoms with van der Waals surface area (Å²) in [6.07, 6.45) is 1.03. The average molecular weight is 455 g/mol. The van der Waals surface area contributed by atoms with E-state index in [2.05, 4.69) is 74.5 Å². The molecule has 0 radical (unpaired) electrons. The third-order valence-electron chi connectivity index (χ3n) is 4.49. The van der Waals surface area contributed by atoms with Gasteiger partial charge in [0.25, 0.3) is 0 Å². The van der Waals surface area contributed by atoms with E-state index in [0.29, 0.717) is 0 Å². The summed E-state index contributed by atoms with van der Waals surface area (Å²) in [5.41, 5.74) is 0.